The lowest BCUT2D eigenvalue weighted by Crippen LogP contribution is -2.37. The van der Waals surface area contributed by atoms with Crippen molar-refractivity contribution in [3.8, 4) is 5.75 Å². The third kappa shape index (κ3) is 7.59. The fraction of sp³-hybridized carbons (Fsp3) is 0.588. The largest absolute Gasteiger partial charge is 0.497 e. The Balaban J connectivity index is 2.31. The van der Waals surface area contributed by atoms with Crippen LogP contribution in [-0.4, -0.2) is 32.7 Å². The van der Waals surface area contributed by atoms with Crippen LogP contribution in [0.1, 0.15) is 38.7 Å². The second kappa shape index (κ2) is 11.0. The van der Waals surface area contributed by atoms with Crippen molar-refractivity contribution in [2.24, 2.45) is 4.99 Å². The van der Waals surface area contributed by atoms with Crippen molar-refractivity contribution in [1.29, 1.82) is 0 Å². The summed E-state index contributed by atoms with van der Waals surface area (Å²) in [6.45, 7) is 7.01. The van der Waals surface area contributed by atoms with Crippen LogP contribution in [0.5, 0.6) is 5.75 Å². The van der Waals surface area contributed by atoms with E-state index in [4.69, 9.17) is 4.74 Å². The molecule has 0 aliphatic rings. The molecule has 0 fully saturated rings. The van der Waals surface area contributed by atoms with Crippen molar-refractivity contribution in [2.45, 2.75) is 39.5 Å². The molecule has 1 aromatic rings. The Kier molecular flexibility index (Phi) is 9.09. The summed E-state index contributed by atoms with van der Waals surface area (Å²) in [5.41, 5.74) is 1.33. The highest BCUT2D eigenvalue weighted by atomic mass is 16.5. The molecule has 0 spiro atoms. The molecule has 4 nitrogen and oxygen atoms in total. The second-order valence-corrected chi connectivity index (χ2v) is 4.99. The minimum absolute atomic E-state index is 0.841. The molecule has 4 heteroatoms. The van der Waals surface area contributed by atoms with Crippen molar-refractivity contribution in [2.75, 3.05) is 26.7 Å². The Bertz CT molecular complexity index is 401. The van der Waals surface area contributed by atoms with Gasteiger partial charge in [-0.15, -0.1) is 0 Å². The van der Waals surface area contributed by atoms with E-state index in [2.05, 4.69) is 41.6 Å². The Hall–Kier alpha value is -1.71. The van der Waals surface area contributed by atoms with E-state index in [1.807, 2.05) is 12.1 Å². The summed E-state index contributed by atoms with van der Waals surface area (Å²) in [4.78, 5) is 4.60. The second-order valence-electron chi connectivity index (χ2n) is 4.99. The number of unbranched alkanes of at least 4 members (excludes halogenated alkanes) is 1. The highest BCUT2D eigenvalue weighted by molar-refractivity contribution is 5.79. The topological polar surface area (TPSA) is 45.7 Å². The van der Waals surface area contributed by atoms with E-state index in [1.54, 1.807) is 7.11 Å². The van der Waals surface area contributed by atoms with E-state index >= 15 is 0 Å². The Morgan fingerprint density at radius 3 is 2.48 bits per heavy atom. The zero-order chi connectivity index (χ0) is 15.3. The summed E-state index contributed by atoms with van der Waals surface area (Å²) in [6.07, 6.45) is 4.47. The van der Waals surface area contributed by atoms with Gasteiger partial charge in [0, 0.05) is 19.6 Å². The van der Waals surface area contributed by atoms with Crippen LogP contribution in [0, 0.1) is 0 Å². The van der Waals surface area contributed by atoms with Gasteiger partial charge in [-0.05, 0) is 43.9 Å². The summed E-state index contributed by atoms with van der Waals surface area (Å²) in [5.74, 6) is 1.84. The van der Waals surface area contributed by atoms with Gasteiger partial charge in [0.05, 0.1) is 7.11 Å². The molecule has 21 heavy (non-hydrogen) atoms. The molecule has 0 aromatic heterocycles. The standard InChI is InChI=1S/C17H29N3O/c1-4-6-13-19-17(18-5-2)20-14-7-8-15-9-11-16(21-3)12-10-15/h9-12H,4-8,13-14H2,1-3H3,(H2,18,19,20). The lowest BCUT2D eigenvalue weighted by molar-refractivity contribution is 0.414. The predicted octanol–water partition coefficient (Wildman–Crippen LogP) is 2.98. The summed E-state index contributed by atoms with van der Waals surface area (Å²) in [5, 5.41) is 6.64. The molecule has 2 N–H and O–H groups in total. The molecule has 0 radical (unpaired) electrons. The quantitative estimate of drug-likeness (QED) is 0.418. The first-order chi connectivity index (χ1) is 10.3. The fourth-order valence-corrected chi connectivity index (χ4v) is 1.99. The van der Waals surface area contributed by atoms with Crippen molar-refractivity contribution in [1.82, 2.24) is 10.6 Å². The van der Waals surface area contributed by atoms with Gasteiger partial charge in [0.1, 0.15) is 5.75 Å². The van der Waals surface area contributed by atoms with Gasteiger partial charge >= 0.3 is 0 Å². The Morgan fingerprint density at radius 2 is 1.86 bits per heavy atom. The van der Waals surface area contributed by atoms with Crippen LogP contribution in [0.25, 0.3) is 0 Å². The number of nitrogens with one attached hydrogen (secondary N) is 2. The molecular formula is C17H29N3O. The first-order valence-corrected chi connectivity index (χ1v) is 7.95. The summed E-state index contributed by atoms with van der Waals surface area (Å²) in [6, 6.07) is 8.25. The van der Waals surface area contributed by atoms with E-state index in [-0.39, 0.29) is 0 Å². The molecular weight excluding hydrogens is 262 g/mol. The lowest BCUT2D eigenvalue weighted by Gasteiger charge is -2.10. The number of hydrogen-bond acceptors (Lipinski definition) is 2. The molecule has 118 valence electrons. The third-order valence-corrected chi connectivity index (χ3v) is 3.22. The predicted molar refractivity (Wildman–Crippen MR) is 90.2 cm³/mol. The molecule has 0 bridgehead atoms. The van der Waals surface area contributed by atoms with Crippen LogP contribution in [0.2, 0.25) is 0 Å². The molecule has 0 amide bonds. The summed E-state index contributed by atoms with van der Waals surface area (Å²) < 4.78 is 5.16. The molecule has 0 aliphatic carbocycles. The zero-order valence-corrected chi connectivity index (χ0v) is 13.6. The van der Waals surface area contributed by atoms with E-state index in [9.17, 15) is 0 Å². The van der Waals surface area contributed by atoms with Crippen molar-refractivity contribution in [3.05, 3.63) is 29.8 Å². The lowest BCUT2D eigenvalue weighted by atomic mass is 10.1. The molecule has 0 saturated heterocycles. The summed E-state index contributed by atoms with van der Waals surface area (Å²) >= 11 is 0. The van der Waals surface area contributed by atoms with Gasteiger partial charge in [0.15, 0.2) is 5.96 Å². The van der Waals surface area contributed by atoms with Gasteiger partial charge in [-0.2, -0.15) is 0 Å². The SMILES string of the molecule is CCCCNC(=NCCCc1ccc(OC)cc1)NCC. The number of benzene rings is 1. The maximum Gasteiger partial charge on any atom is 0.191 e. The van der Waals surface area contributed by atoms with Crippen LogP contribution < -0.4 is 15.4 Å². The number of aliphatic imine (C=N–C) groups is 1. The number of aryl methyl sites for hydroxylation is 1. The molecule has 0 heterocycles. The van der Waals surface area contributed by atoms with Gasteiger partial charge in [-0.25, -0.2) is 0 Å². The minimum Gasteiger partial charge on any atom is -0.497 e. The van der Waals surface area contributed by atoms with Gasteiger partial charge in [0.2, 0.25) is 0 Å². The highest BCUT2D eigenvalue weighted by Gasteiger charge is 1.97. The first-order valence-electron chi connectivity index (χ1n) is 7.95. The number of rotatable bonds is 9. The van der Waals surface area contributed by atoms with E-state index < -0.39 is 0 Å². The average molecular weight is 291 g/mol. The van der Waals surface area contributed by atoms with Crippen molar-refractivity contribution >= 4 is 5.96 Å². The highest BCUT2D eigenvalue weighted by Crippen LogP contribution is 2.12. The van der Waals surface area contributed by atoms with Crippen LogP contribution in [0.4, 0.5) is 0 Å². The molecule has 1 aromatic carbocycles. The number of methoxy groups -OCH3 is 1. The first kappa shape index (κ1) is 17.3. The van der Waals surface area contributed by atoms with E-state index in [0.717, 1.165) is 44.2 Å². The van der Waals surface area contributed by atoms with E-state index in [0.29, 0.717) is 0 Å². The van der Waals surface area contributed by atoms with Crippen LogP contribution >= 0.6 is 0 Å². The number of hydrogen-bond donors (Lipinski definition) is 2. The maximum atomic E-state index is 5.16. The van der Waals surface area contributed by atoms with Crippen LogP contribution in [0.3, 0.4) is 0 Å². The van der Waals surface area contributed by atoms with Crippen LogP contribution in [0.15, 0.2) is 29.3 Å². The Morgan fingerprint density at radius 1 is 1.10 bits per heavy atom. The fourth-order valence-electron chi connectivity index (χ4n) is 1.99. The van der Waals surface area contributed by atoms with Crippen molar-refractivity contribution < 1.29 is 4.74 Å². The average Bonchev–Trinajstić information content (AvgIpc) is 2.52. The van der Waals surface area contributed by atoms with Gasteiger partial charge in [0.25, 0.3) is 0 Å². The van der Waals surface area contributed by atoms with Crippen LogP contribution in [-0.2, 0) is 6.42 Å². The number of guanidine groups is 1. The molecule has 0 atom stereocenters. The summed E-state index contributed by atoms with van der Waals surface area (Å²) in [7, 11) is 1.69. The van der Waals surface area contributed by atoms with Gasteiger partial charge in [-0.1, -0.05) is 25.5 Å². The number of ether oxygens (including phenoxy) is 1. The normalized spacial score (nSPS) is 11.3. The van der Waals surface area contributed by atoms with Crippen molar-refractivity contribution in [3.63, 3.8) is 0 Å². The van der Waals surface area contributed by atoms with Gasteiger partial charge in [-0.3, -0.25) is 4.99 Å². The Labute approximate surface area is 129 Å². The molecule has 1 rings (SSSR count). The number of nitrogens with zero attached hydrogens (tertiary/aromatic N) is 1. The molecule has 0 aliphatic heterocycles. The molecule has 0 unspecified atom stereocenters. The monoisotopic (exact) mass is 291 g/mol. The third-order valence-electron chi connectivity index (χ3n) is 3.22. The van der Waals surface area contributed by atoms with Gasteiger partial charge < -0.3 is 15.4 Å². The smallest absolute Gasteiger partial charge is 0.191 e. The maximum absolute atomic E-state index is 5.16. The molecule has 0 saturated carbocycles. The zero-order valence-electron chi connectivity index (χ0n) is 13.6. The van der Waals surface area contributed by atoms with E-state index in [1.165, 1.54) is 18.4 Å². The minimum atomic E-state index is 0.841.